The number of carbonyl (C=O) groups excluding carboxylic acids is 1. The molecule has 0 aliphatic rings. The Morgan fingerprint density at radius 2 is 1.74 bits per heavy atom. The van der Waals surface area contributed by atoms with Crippen LogP contribution in [-0.2, 0) is 0 Å². The van der Waals surface area contributed by atoms with Crippen molar-refractivity contribution in [2.45, 2.75) is 20.8 Å². The van der Waals surface area contributed by atoms with Crippen LogP contribution in [-0.4, -0.2) is 31.3 Å². The first kappa shape index (κ1) is 21.3. The molecule has 0 aliphatic heterocycles. The normalized spacial score (nSPS) is 11.4. The van der Waals surface area contributed by atoms with Crippen LogP contribution in [0, 0.1) is 20.8 Å². The van der Waals surface area contributed by atoms with E-state index < -0.39 is 0 Å². The molecular weight excluding hydrogens is 424 g/mol. The number of rotatable bonds is 5. The Morgan fingerprint density at radius 1 is 0.971 bits per heavy atom. The molecule has 5 aromatic rings. The summed E-state index contributed by atoms with van der Waals surface area (Å²) >= 11 is 0. The number of hydrogen-bond acceptors (Lipinski definition) is 4. The molecule has 0 radical (unpaired) electrons. The van der Waals surface area contributed by atoms with Crippen LogP contribution in [0.5, 0.6) is 0 Å². The second-order valence-corrected chi connectivity index (χ2v) is 8.26. The molecule has 1 N–H and O–H groups in total. The Labute approximate surface area is 197 Å². The van der Waals surface area contributed by atoms with Crippen molar-refractivity contribution in [1.82, 2.24) is 24.6 Å². The van der Waals surface area contributed by atoms with E-state index in [0.29, 0.717) is 11.4 Å². The standard InChI is InChI=1S/C27H24N6O/c1-18-9-11-21(12-10-18)25-22(17-33(31-25)23-7-5-4-6-8-23)16-28-30-27(34)26-20(3)29-24-15-19(2)13-14-32(24)26/h4-17H,1-3H3,(H,30,34)/b28-16+. The lowest BCUT2D eigenvalue weighted by atomic mass is 10.1. The van der Waals surface area contributed by atoms with Crippen LogP contribution in [0.2, 0.25) is 0 Å². The largest absolute Gasteiger partial charge is 0.295 e. The van der Waals surface area contributed by atoms with Crippen molar-refractivity contribution in [3.63, 3.8) is 0 Å². The molecule has 0 spiro atoms. The maximum atomic E-state index is 12.9. The molecule has 0 saturated carbocycles. The molecule has 5 rings (SSSR count). The molecule has 0 saturated heterocycles. The van der Waals surface area contributed by atoms with Crippen molar-refractivity contribution < 1.29 is 4.79 Å². The number of hydrogen-bond donors (Lipinski definition) is 1. The van der Waals surface area contributed by atoms with Gasteiger partial charge >= 0.3 is 0 Å². The summed E-state index contributed by atoms with van der Waals surface area (Å²) in [5, 5.41) is 9.04. The molecule has 3 heterocycles. The fraction of sp³-hybridized carbons (Fsp3) is 0.111. The minimum Gasteiger partial charge on any atom is -0.295 e. The summed E-state index contributed by atoms with van der Waals surface area (Å²) in [6.45, 7) is 5.86. The summed E-state index contributed by atoms with van der Waals surface area (Å²) in [6, 6.07) is 21.9. The van der Waals surface area contributed by atoms with E-state index in [9.17, 15) is 4.79 Å². The average Bonchev–Trinajstić information content (AvgIpc) is 3.40. The van der Waals surface area contributed by atoms with Crippen molar-refractivity contribution in [1.29, 1.82) is 0 Å². The van der Waals surface area contributed by atoms with Gasteiger partial charge in [-0.1, -0.05) is 48.0 Å². The van der Waals surface area contributed by atoms with Crippen LogP contribution in [0.25, 0.3) is 22.6 Å². The second kappa shape index (κ2) is 8.78. The van der Waals surface area contributed by atoms with Gasteiger partial charge in [0.05, 0.1) is 17.6 Å². The highest BCUT2D eigenvalue weighted by Gasteiger charge is 2.16. The Morgan fingerprint density at radius 3 is 2.50 bits per heavy atom. The zero-order chi connectivity index (χ0) is 23.7. The number of nitrogens with one attached hydrogen (secondary N) is 1. The predicted octanol–water partition coefficient (Wildman–Crippen LogP) is 4.88. The molecule has 0 bridgehead atoms. The molecule has 3 aromatic heterocycles. The van der Waals surface area contributed by atoms with Crippen LogP contribution in [0.4, 0.5) is 0 Å². The lowest BCUT2D eigenvalue weighted by molar-refractivity contribution is 0.0948. The monoisotopic (exact) mass is 448 g/mol. The zero-order valence-corrected chi connectivity index (χ0v) is 19.2. The number of amides is 1. The van der Waals surface area contributed by atoms with Crippen LogP contribution in [0.1, 0.15) is 32.9 Å². The molecular formula is C27H24N6O. The number of pyridine rings is 1. The average molecular weight is 449 g/mol. The Kier molecular flexibility index (Phi) is 5.51. The summed E-state index contributed by atoms with van der Waals surface area (Å²) in [4.78, 5) is 17.4. The molecule has 168 valence electrons. The molecule has 0 aliphatic carbocycles. The smallest absolute Gasteiger partial charge is 0.290 e. The van der Waals surface area contributed by atoms with E-state index in [1.165, 1.54) is 5.56 Å². The van der Waals surface area contributed by atoms with Gasteiger partial charge in [-0.15, -0.1) is 0 Å². The van der Waals surface area contributed by atoms with Crippen molar-refractivity contribution >= 4 is 17.8 Å². The summed E-state index contributed by atoms with van der Waals surface area (Å²) < 4.78 is 3.59. The molecule has 7 nitrogen and oxygen atoms in total. The summed E-state index contributed by atoms with van der Waals surface area (Å²) in [7, 11) is 0. The maximum Gasteiger partial charge on any atom is 0.290 e. The van der Waals surface area contributed by atoms with Gasteiger partial charge in [0, 0.05) is 23.5 Å². The molecule has 0 unspecified atom stereocenters. The summed E-state index contributed by atoms with van der Waals surface area (Å²) in [6.07, 6.45) is 5.38. The third kappa shape index (κ3) is 4.11. The number of benzene rings is 2. The molecule has 34 heavy (non-hydrogen) atoms. The van der Waals surface area contributed by atoms with Gasteiger partial charge in [-0.25, -0.2) is 15.1 Å². The molecule has 7 heteroatoms. The summed E-state index contributed by atoms with van der Waals surface area (Å²) in [5.74, 6) is -0.322. The quantitative estimate of drug-likeness (QED) is 0.308. The number of aryl methyl sites for hydroxylation is 3. The van der Waals surface area contributed by atoms with Gasteiger partial charge in [-0.3, -0.25) is 9.20 Å². The van der Waals surface area contributed by atoms with Gasteiger partial charge in [0.25, 0.3) is 5.91 Å². The number of aromatic nitrogens is 4. The number of fused-ring (bicyclic) bond motifs is 1. The van der Waals surface area contributed by atoms with Crippen molar-refractivity contribution in [3.8, 4) is 16.9 Å². The number of nitrogens with zero attached hydrogens (tertiary/aromatic N) is 5. The number of carbonyl (C=O) groups is 1. The Hall–Kier alpha value is -4.52. The number of hydrazone groups is 1. The maximum absolute atomic E-state index is 12.9. The van der Waals surface area contributed by atoms with E-state index in [-0.39, 0.29) is 5.91 Å². The predicted molar refractivity (Wildman–Crippen MR) is 133 cm³/mol. The third-order valence-electron chi connectivity index (χ3n) is 5.63. The first-order valence-corrected chi connectivity index (χ1v) is 11.0. The van der Waals surface area contributed by atoms with E-state index in [1.807, 2.05) is 92.4 Å². The minimum absolute atomic E-state index is 0.322. The van der Waals surface area contributed by atoms with E-state index >= 15 is 0 Å². The molecule has 0 atom stereocenters. The van der Waals surface area contributed by atoms with E-state index in [4.69, 9.17) is 5.10 Å². The van der Waals surface area contributed by atoms with Crippen LogP contribution in [0.3, 0.4) is 0 Å². The van der Waals surface area contributed by atoms with Gasteiger partial charge in [-0.2, -0.15) is 10.2 Å². The molecule has 2 aromatic carbocycles. The lowest BCUT2D eigenvalue weighted by Gasteiger charge is -2.02. The third-order valence-corrected chi connectivity index (χ3v) is 5.63. The lowest BCUT2D eigenvalue weighted by Crippen LogP contribution is -2.20. The van der Waals surface area contributed by atoms with E-state index in [0.717, 1.165) is 33.7 Å². The highest BCUT2D eigenvalue weighted by atomic mass is 16.2. The topological polar surface area (TPSA) is 76.6 Å². The van der Waals surface area contributed by atoms with Gasteiger partial charge in [0.1, 0.15) is 17.0 Å². The minimum atomic E-state index is -0.322. The summed E-state index contributed by atoms with van der Waals surface area (Å²) in [5.41, 5.74) is 10.2. The van der Waals surface area contributed by atoms with Gasteiger partial charge in [0.15, 0.2) is 0 Å². The first-order valence-electron chi connectivity index (χ1n) is 11.0. The highest BCUT2D eigenvalue weighted by molar-refractivity contribution is 5.96. The fourth-order valence-corrected chi connectivity index (χ4v) is 3.88. The second-order valence-electron chi connectivity index (χ2n) is 8.26. The fourth-order valence-electron chi connectivity index (χ4n) is 3.88. The van der Waals surface area contributed by atoms with Gasteiger partial charge in [-0.05, 0) is 50.6 Å². The molecule has 0 fully saturated rings. The van der Waals surface area contributed by atoms with Crippen molar-refractivity contribution in [2.75, 3.05) is 0 Å². The van der Waals surface area contributed by atoms with Gasteiger partial charge in [0.2, 0.25) is 0 Å². The Balaban J connectivity index is 1.46. The van der Waals surface area contributed by atoms with E-state index in [1.54, 1.807) is 10.6 Å². The van der Waals surface area contributed by atoms with Gasteiger partial charge < -0.3 is 0 Å². The van der Waals surface area contributed by atoms with Crippen LogP contribution >= 0.6 is 0 Å². The number of imidazole rings is 1. The SMILES string of the molecule is Cc1ccc(-c2nn(-c3ccccc3)cc2/C=N/NC(=O)c2c(C)nc3cc(C)ccn23)cc1. The highest BCUT2D eigenvalue weighted by Crippen LogP contribution is 2.23. The van der Waals surface area contributed by atoms with E-state index in [2.05, 4.69) is 27.6 Å². The number of para-hydroxylation sites is 1. The molecule has 1 amide bonds. The van der Waals surface area contributed by atoms with Crippen LogP contribution in [0.15, 0.2) is 84.2 Å². The van der Waals surface area contributed by atoms with Crippen molar-refractivity contribution in [2.24, 2.45) is 5.10 Å². The first-order chi connectivity index (χ1) is 16.5. The van der Waals surface area contributed by atoms with Crippen molar-refractivity contribution in [3.05, 3.63) is 107 Å². The Bertz CT molecular complexity index is 1510. The zero-order valence-electron chi connectivity index (χ0n) is 19.2. The van der Waals surface area contributed by atoms with Crippen LogP contribution < -0.4 is 5.43 Å².